The standard InChI is InChI=1S/C20H11ClF3N5O3/c1-8-6-25-15-14-9-2-5-13(32-18-10(20(22,23)24)7-26-19(21)29-18)28-11(9)3-4-12(14)31-16(15)17(30)27-8/h2-5,7,25H,6H2,1H3. The van der Waals surface area contributed by atoms with Gasteiger partial charge < -0.3 is 14.5 Å². The Balaban J connectivity index is 1.61. The van der Waals surface area contributed by atoms with E-state index in [2.05, 4.69) is 25.3 Å². The van der Waals surface area contributed by atoms with Gasteiger partial charge in [-0.2, -0.15) is 18.2 Å². The van der Waals surface area contributed by atoms with Crippen LogP contribution in [0, 0.1) is 0 Å². The van der Waals surface area contributed by atoms with Gasteiger partial charge >= 0.3 is 12.1 Å². The third kappa shape index (κ3) is 3.40. The Kier molecular flexibility index (Phi) is 4.52. The number of hydrogen-bond acceptors (Lipinski definition) is 7. The van der Waals surface area contributed by atoms with Crippen molar-refractivity contribution in [2.45, 2.75) is 13.1 Å². The first-order chi connectivity index (χ1) is 15.2. The average molecular weight is 462 g/mol. The van der Waals surface area contributed by atoms with Crippen LogP contribution >= 0.6 is 11.6 Å². The second kappa shape index (κ2) is 7.16. The van der Waals surface area contributed by atoms with E-state index in [-0.39, 0.29) is 11.6 Å². The molecule has 1 aromatic carbocycles. The lowest BCUT2D eigenvalue weighted by Crippen LogP contribution is -2.09. The Hall–Kier alpha value is -3.73. The lowest BCUT2D eigenvalue weighted by molar-refractivity contribution is -0.139. The molecule has 32 heavy (non-hydrogen) atoms. The van der Waals surface area contributed by atoms with Crippen LogP contribution in [-0.2, 0) is 6.18 Å². The second-order valence-electron chi connectivity index (χ2n) is 6.92. The van der Waals surface area contributed by atoms with E-state index >= 15 is 0 Å². The Morgan fingerprint density at radius 2 is 2.00 bits per heavy atom. The highest BCUT2D eigenvalue weighted by atomic mass is 35.5. The number of nitrogens with one attached hydrogen (secondary N) is 1. The molecular weight excluding hydrogens is 451 g/mol. The first kappa shape index (κ1) is 20.2. The number of fused-ring (bicyclic) bond motifs is 5. The van der Waals surface area contributed by atoms with Gasteiger partial charge in [0.15, 0.2) is 0 Å². The van der Waals surface area contributed by atoms with E-state index in [9.17, 15) is 18.0 Å². The fraction of sp³-hybridized carbons (Fsp3) is 0.150. The van der Waals surface area contributed by atoms with Crippen LogP contribution in [0.5, 0.6) is 11.8 Å². The third-order valence-corrected chi connectivity index (χ3v) is 4.92. The molecular formula is C20H11ClF3N5O3. The van der Waals surface area contributed by atoms with Gasteiger partial charge in [-0.05, 0) is 36.7 Å². The normalized spacial score (nSPS) is 14.2. The summed E-state index contributed by atoms with van der Waals surface area (Å²) < 4.78 is 50.7. The van der Waals surface area contributed by atoms with Crippen molar-refractivity contribution in [1.29, 1.82) is 0 Å². The van der Waals surface area contributed by atoms with Crippen LogP contribution in [0.4, 0.5) is 18.9 Å². The summed E-state index contributed by atoms with van der Waals surface area (Å²) in [6.45, 7) is 2.07. The summed E-state index contributed by atoms with van der Waals surface area (Å²) in [5, 5.41) is 3.96. The summed E-state index contributed by atoms with van der Waals surface area (Å²) in [4.78, 5) is 27.5. The summed E-state index contributed by atoms with van der Waals surface area (Å²) in [7, 11) is 0. The van der Waals surface area contributed by atoms with Gasteiger partial charge in [0.05, 0.1) is 23.1 Å². The zero-order valence-electron chi connectivity index (χ0n) is 16.1. The maximum absolute atomic E-state index is 13.2. The lowest BCUT2D eigenvalue weighted by atomic mass is 10.1. The zero-order valence-corrected chi connectivity index (χ0v) is 16.9. The number of carbonyl (C=O) groups is 1. The van der Waals surface area contributed by atoms with Crippen molar-refractivity contribution in [3.63, 3.8) is 0 Å². The summed E-state index contributed by atoms with van der Waals surface area (Å²) >= 11 is 5.64. The molecule has 0 radical (unpaired) electrons. The monoisotopic (exact) mass is 461 g/mol. The SMILES string of the molecule is CC1=NC(=O)c2oc3ccc4nc(Oc5nc(Cl)ncc5C(F)(F)F)ccc4c3c2NC1. The van der Waals surface area contributed by atoms with Gasteiger partial charge in [-0.1, -0.05) is 0 Å². The van der Waals surface area contributed by atoms with Gasteiger partial charge in [0.2, 0.25) is 22.8 Å². The molecule has 0 fully saturated rings. The predicted octanol–water partition coefficient (Wildman–Crippen LogP) is 5.26. The van der Waals surface area contributed by atoms with Crippen LogP contribution in [0.3, 0.4) is 0 Å². The van der Waals surface area contributed by atoms with Crippen molar-refractivity contribution in [1.82, 2.24) is 15.0 Å². The molecule has 1 aliphatic rings. The van der Waals surface area contributed by atoms with Crippen molar-refractivity contribution >= 4 is 50.8 Å². The minimum atomic E-state index is -4.74. The Morgan fingerprint density at radius 1 is 1.19 bits per heavy atom. The highest BCUT2D eigenvalue weighted by Crippen LogP contribution is 2.39. The van der Waals surface area contributed by atoms with Crippen LogP contribution in [0.1, 0.15) is 23.0 Å². The van der Waals surface area contributed by atoms with Crippen molar-refractivity contribution in [2.24, 2.45) is 4.99 Å². The van der Waals surface area contributed by atoms with E-state index < -0.39 is 28.8 Å². The van der Waals surface area contributed by atoms with E-state index in [1.807, 2.05) is 0 Å². The first-order valence-corrected chi connectivity index (χ1v) is 9.55. The molecule has 4 heterocycles. The number of benzene rings is 1. The smallest absolute Gasteiger partial charge is 0.423 e. The molecule has 0 bridgehead atoms. The fourth-order valence-corrected chi connectivity index (χ4v) is 3.48. The number of nitrogens with zero attached hydrogens (tertiary/aromatic N) is 4. The fourth-order valence-electron chi connectivity index (χ4n) is 3.36. The maximum atomic E-state index is 13.2. The molecule has 0 spiro atoms. The Bertz CT molecular complexity index is 1450. The molecule has 0 atom stereocenters. The number of furan rings is 1. The molecule has 1 N–H and O–H groups in total. The highest BCUT2D eigenvalue weighted by molar-refractivity contribution is 6.28. The number of amides is 1. The molecule has 3 aromatic heterocycles. The Morgan fingerprint density at radius 3 is 2.78 bits per heavy atom. The van der Waals surface area contributed by atoms with Gasteiger partial charge in [0.25, 0.3) is 0 Å². The number of halogens is 4. The number of carbonyl (C=O) groups excluding carboxylic acids is 1. The van der Waals surface area contributed by atoms with Gasteiger partial charge in [-0.3, -0.25) is 4.79 Å². The van der Waals surface area contributed by atoms with E-state index in [1.54, 1.807) is 25.1 Å². The minimum absolute atomic E-state index is 0.0788. The van der Waals surface area contributed by atoms with Crippen LogP contribution in [0.2, 0.25) is 5.28 Å². The lowest BCUT2D eigenvalue weighted by Gasteiger charge is -2.12. The van der Waals surface area contributed by atoms with E-state index in [4.69, 9.17) is 20.8 Å². The second-order valence-corrected chi connectivity index (χ2v) is 7.26. The van der Waals surface area contributed by atoms with Crippen LogP contribution < -0.4 is 10.1 Å². The molecule has 0 aliphatic carbocycles. The number of aromatic nitrogens is 3. The quantitative estimate of drug-likeness (QED) is 0.406. The summed E-state index contributed by atoms with van der Waals surface area (Å²) in [5.41, 5.74) is 0.748. The number of pyridine rings is 1. The molecule has 0 saturated carbocycles. The maximum Gasteiger partial charge on any atom is 0.423 e. The summed E-state index contributed by atoms with van der Waals surface area (Å²) in [5.74, 6) is -1.31. The van der Waals surface area contributed by atoms with E-state index in [0.29, 0.717) is 46.0 Å². The van der Waals surface area contributed by atoms with Crippen molar-refractivity contribution in [2.75, 3.05) is 11.9 Å². The molecule has 0 saturated heterocycles. The molecule has 1 aliphatic heterocycles. The van der Waals surface area contributed by atoms with Crippen molar-refractivity contribution in [3.8, 4) is 11.8 Å². The number of aliphatic imine (C=N–C) groups is 1. The van der Waals surface area contributed by atoms with Gasteiger partial charge in [-0.25, -0.2) is 15.0 Å². The zero-order chi connectivity index (χ0) is 22.6. The Labute approximate surface area is 182 Å². The number of hydrogen-bond donors (Lipinski definition) is 1. The molecule has 4 aromatic rings. The number of alkyl halides is 3. The number of anilines is 1. The summed E-state index contributed by atoms with van der Waals surface area (Å²) in [6, 6.07) is 6.20. The molecule has 0 unspecified atom stereocenters. The summed E-state index contributed by atoms with van der Waals surface area (Å²) in [6.07, 6.45) is -4.20. The predicted molar refractivity (Wildman–Crippen MR) is 110 cm³/mol. The van der Waals surface area contributed by atoms with Crippen LogP contribution in [-0.4, -0.2) is 33.1 Å². The third-order valence-electron chi connectivity index (χ3n) is 4.74. The van der Waals surface area contributed by atoms with Gasteiger partial charge in [-0.15, -0.1) is 0 Å². The van der Waals surface area contributed by atoms with Gasteiger partial charge in [0.1, 0.15) is 11.1 Å². The highest BCUT2D eigenvalue weighted by Gasteiger charge is 2.36. The van der Waals surface area contributed by atoms with Crippen LogP contribution in [0.25, 0.3) is 21.9 Å². The number of ether oxygens (including phenoxy) is 1. The first-order valence-electron chi connectivity index (χ1n) is 9.17. The van der Waals surface area contributed by atoms with E-state index in [1.165, 1.54) is 6.07 Å². The van der Waals surface area contributed by atoms with Crippen LogP contribution in [0.15, 0.2) is 39.9 Å². The van der Waals surface area contributed by atoms with Gasteiger partial charge in [0, 0.05) is 23.4 Å². The minimum Gasteiger partial charge on any atom is -0.449 e. The van der Waals surface area contributed by atoms with Crippen molar-refractivity contribution in [3.05, 3.63) is 47.1 Å². The molecule has 12 heteroatoms. The van der Waals surface area contributed by atoms with E-state index in [0.717, 1.165) is 0 Å². The molecule has 162 valence electrons. The molecule has 5 rings (SSSR count). The van der Waals surface area contributed by atoms with Crippen molar-refractivity contribution < 1.29 is 27.1 Å². The number of rotatable bonds is 2. The average Bonchev–Trinajstić information content (AvgIpc) is 3.04. The molecule has 1 amide bonds. The largest absolute Gasteiger partial charge is 0.449 e. The molecule has 8 nitrogen and oxygen atoms in total. The topological polar surface area (TPSA) is 102 Å².